The minimum absolute atomic E-state index is 0.457. The van der Waals surface area contributed by atoms with Gasteiger partial charge in [0.05, 0.1) is 22.4 Å². The molecule has 0 N–H and O–H groups in total. The lowest BCUT2D eigenvalue weighted by Crippen LogP contribution is -2.19. The molecule has 138 valence electrons. The molecule has 0 radical (unpaired) electrons. The summed E-state index contributed by atoms with van der Waals surface area (Å²) >= 11 is 6.21. The molecule has 1 fully saturated rings. The van der Waals surface area contributed by atoms with Gasteiger partial charge in [-0.15, -0.1) is 0 Å². The number of benzene rings is 1. The minimum atomic E-state index is 0.457. The van der Waals surface area contributed by atoms with E-state index in [1.165, 1.54) is 24.0 Å². The lowest BCUT2D eigenvalue weighted by atomic mass is 10.1. The monoisotopic (exact) mass is 379 g/mol. The third-order valence-electron chi connectivity index (χ3n) is 5.01. The van der Waals surface area contributed by atoms with Crippen molar-refractivity contribution in [2.24, 2.45) is 0 Å². The summed E-state index contributed by atoms with van der Waals surface area (Å²) in [4.78, 5) is 20.7. The Bertz CT molecular complexity index is 1040. The van der Waals surface area contributed by atoms with Gasteiger partial charge in [0.25, 0.3) is 0 Å². The number of hydrogen-bond acceptors (Lipinski definition) is 5. The number of aryl methyl sites for hydroxylation is 3. The number of fused-ring (bicyclic) bond motifs is 1. The molecule has 0 bridgehead atoms. The minimum Gasteiger partial charge on any atom is -0.356 e. The molecule has 0 spiro atoms. The van der Waals surface area contributed by atoms with Crippen LogP contribution in [0.15, 0.2) is 18.2 Å². The van der Waals surface area contributed by atoms with Gasteiger partial charge in [0.1, 0.15) is 11.0 Å². The highest BCUT2D eigenvalue weighted by atomic mass is 35.5. The molecular formula is C21H22ClN5. The van der Waals surface area contributed by atoms with Gasteiger partial charge >= 0.3 is 0 Å². The van der Waals surface area contributed by atoms with Gasteiger partial charge in [0, 0.05) is 19.2 Å². The van der Waals surface area contributed by atoms with Gasteiger partial charge in [-0.3, -0.25) is 0 Å². The van der Waals surface area contributed by atoms with Crippen molar-refractivity contribution in [1.82, 2.24) is 19.9 Å². The van der Waals surface area contributed by atoms with Crippen LogP contribution in [0.3, 0.4) is 0 Å². The average Bonchev–Trinajstić information content (AvgIpc) is 3.16. The molecule has 0 aliphatic carbocycles. The number of rotatable bonds is 3. The number of nitrogens with zero attached hydrogens (tertiary/aromatic N) is 5. The fourth-order valence-corrected chi connectivity index (χ4v) is 3.51. The Labute approximate surface area is 164 Å². The molecule has 6 heteroatoms. The first-order valence-electron chi connectivity index (χ1n) is 9.23. The van der Waals surface area contributed by atoms with E-state index in [-0.39, 0.29) is 0 Å². The molecule has 5 nitrogen and oxygen atoms in total. The van der Waals surface area contributed by atoms with Gasteiger partial charge in [-0.2, -0.15) is 0 Å². The normalized spacial score (nSPS) is 14.6. The highest BCUT2D eigenvalue weighted by molar-refractivity contribution is 6.29. The highest BCUT2D eigenvalue weighted by Crippen LogP contribution is 2.22. The van der Waals surface area contributed by atoms with Gasteiger partial charge < -0.3 is 4.90 Å². The van der Waals surface area contributed by atoms with Crippen LogP contribution in [0.4, 0.5) is 5.82 Å². The summed E-state index contributed by atoms with van der Waals surface area (Å²) in [6.45, 7) is 8.18. The molecule has 1 aliphatic heterocycles. The lowest BCUT2D eigenvalue weighted by molar-refractivity contribution is 0.923. The van der Waals surface area contributed by atoms with Crippen molar-refractivity contribution in [2.45, 2.75) is 33.6 Å². The second-order valence-electron chi connectivity index (χ2n) is 7.05. The summed E-state index contributed by atoms with van der Waals surface area (Å²) < 4.78 is 0. The van der Waals surface area contributed by atoms with E-state index in [0.717, 1.165) is 41.3 Å². The second kappa shape index (κ2) is 7.24. The van der Waals surface area contributed by atoms with Gasteiger partial charge in [0.2, 0.25) is 0 Å². The summed E-state index contributed by atoms with van der Waals surface area (Å²) in [6, 6.07) is 5.99. The van der Waals surface area contributed by atoms with Crippen LogP contribution in [0.2, 0.25) is 5.15 Å². The fraction of sp³-hybridized carbons (Fsp3) is 0.333. The van der Waals surface area contributed by atoms with Crippen LogP contribution in [0, 0.1) is 20.8 Å². The predicted molar refractivity (Wildman–Crippen MR) is 111 cm³/mol. The lowest BCUT2D eigenvalue weighted by Gasteiger charge is -2.16. The smallest absolute Gasteiger partial charge is 0.156 e. The number of aromatic nitrogens is 4. The largest absolute Gasteiger partial charge is 0.356 e. The van der Waals surface area contributed by atoms with Gasteiger partial charge in [-0.1, -0.05) is 11.6 Å². The van der Waals surface area contributed by atoms with Gasteiger partial charge in [-0.05, 0) is 69.0 Å². The van der Waals surface area contributed by atoms with Crippen molar-refractivity contribution in [2.75, 3.05) is 18.0 Å². The molecule has 1 aliphatic rings. The molecule has 0 atom stereocenters. The third kappa shape index (κ3) is 3.78. The van der Waals surface area contributed by atoms with E-state index in [2.05, 4.69) is 40.8 Å². The standard InChI is InChI=1S/C21H22ClN5/c1-13-10-17-18(11-14(13)2)24-16(15(3)23-17)6-7-20-25-19(22)12-21(26-20)27-8-4-5-9-27/h6-7,10-12H,4-5,8-9H2,1-3H3/b7-6+. The molecule has 2 aromatic heterocycles. The second-order valence-corrected chi connectivity index (χ2v) is 7.44. The highest BCUT2D eigenvalue weighted by Gasteiger charge is 2.15. The molecule has 0 amide bonds. The van der Waals surface area contributed by atoms with Crippen molar-refractivity contribution in [3.05, 3.63) is 51.7 Å². The first kappa shape index (κ1) is 17.9. The van der Waals surface area contributed by atoms with E-state index in [4.69, 9.17) is 21.6 Å². The Morgan fingerprint density at radius 2 is 1.52 bits per heavy atom. The number of anilines is 1. The molecule has 0 saturated carbocycles. The van der Waals surface area contributed by atoms with Crippen molar-refractivity contribution >= 4 is 40.6 Å². The first-order chi connectivity index (χ1) is 13.0. The summed E-state index contributed by atoms with van der Waals surface area (Å²) in [7, 11) is 0. The van der Waals surface area contributed by atoms with Crippen LogP contribution in [-0.4, -0.2) is 33.0 Å². The van der Waals surface area contributed by atoms with Crippen LogP contribution in [0.25, 0.3) is 23.2 Å². The Morgan fingerprint density at radius 3 is 2.22 bits per heavy atom. The van der Waals surface area contributed by atoms with Crippen LogP contribution in [-0.2, 0) is 0 Å². The van der Waals surface area contributed by atoms with E-state index in [1.807, 2.05) is 25.1 Å². The third-order valence-corrected chi connectivity index (χ3v) is 5.20. The maximum atomic E-state index is 6.21. The van der Waals surface area contributed by atoms with Crippen LogP contribution < -0.4 is 4.90 Å². The van der Waals surface area contributed by atoms with Gasteiger partial charge in [-0.25, -0.2) is 19.9 Å². The molecule has 1 aromatic carbocycles. The maximum absolute atomic E-state index is 6.21. The molecular weight excluding hydrogens is 358 g/mol. The van der Waals surface area contributed by atoms with Crippen LogP contribution >= 0.6 is 11.6 Å². The van der Waals surface area contributed by atoms with Crippen molar-refractivity contribution in [3.63, 3.8) is 0 Å². The fourth-order valence-electron chi connectivity index (χ4n) is 3.33. The summed E-state index contributed by atoms with van der Waals surface area (Å²) in [6.07, 6.45) is 6.15. The first-order valence-corrected chi connectivity index (χ1v) is 9.60. The Hall–Kier alpha value is -2.53. The topological polar surface area (TPSA) is 54.8 Å². The summed E-state index contributed by atoms with van der Waals surface area (Å²) in [5.74, 6) is 1.48. The quantitative estimate of drug-likeness (QED) is 0.613. The van der Waals surface area contributed by atoms with Gasteiger partial charge in [0.15, 0.2) is 5.82 Å². The Balaban J connectivity index is 1.68. The average molecular weight is 380 g/mol. The Kier molecular flexibility index (Phi) is 4.79. The summed E-state index contributed by atoms with van der Waals surface area (Å²) in [5, 5.41) is 0.457. The van der Waals surface area contributed by atoms with Crippen LogP contribution in [0.5, 0.6) is 0 Å². The van der Waals surface area contributed by atoms with Crippen LogP contribution in [0.1, 0.15) is 41.2 Å². The zero-order valence-electron chi connectivity index (χ0n) is 15.8. The predicted octanol–water partition coefficient (Wildman–Crippen LogP) is 4.77. The molecule has 3 aromatic rings. The van der Waals surface area contributed by atoms with E-state index < -0.39 is 0 Å². The number of hydrogen-bond donors (Lipinski definition) is 0. The summed E-state index contributed by atoms with van der Waals surface area (Å²) in [5.41, 5.74) is 5.95. The van der Waals surface area contributed by atoms with E-state index >= 15 is 0 Å². The molecule has 0 unspecified atom stereocenters. The van der Waals surface area contributed by atoms with Crippen molar-refractivity contribution < 1.29 is 0 Å². The molecule has 27 heavy (non-hydrogen) atoms. The maximum Gasteiger partial charge on any atom is 0.156 e. The molecule has 4 rings (SSSR count). The van der Waals surface area contributed by atoms with E-state index in [0.29, 0.717) is 11.0 Å². The number of halogens is 1. The zero-order valence-corrected chi connectivity index (χ0v) is 16.6. The SMILES string of the molecule is Cc1cc2nc(C)c(/C=C/c3nc(Cl)cc(N4CCCC4)n3)nc2cc1C. The van der Waals surface area contributed by atoms with Crippen molar-refractivity contribution in [3.8, 4) is 0 Å². The molecule has 1 saturated heterocycles. The zero-order chi connectivity index (χ0) is 19.0. The molecule has 3 heterocycles. The van der Waals surface area contributed by atoms with E-state index in [1.54, 1.807) is 0 Å². The van der Waals surface area contributed by atoms with Crippen molar-refractivity contribution in [1.29, 1.82) is 0 Å². The Morgan fingerprint density at radius 1 is 0.852 bits per heavy atom. The van der Waals surface area contributed by atoms with E-state index in [9.17, 15) is 0 Å².